The lowest BCUT2D eigenvalue weighted by Crippen LogP contribution is -2.41. The van der Waals surface area contributed by atoms with E-state index < -0.39 is 10.0 Å². The fourth-order valence-electron chi connectivity index (χ4n) is 2.15. The van der Waals surface area contributed by atoms with Crippen LogP contribution in [0.15, 0.2) is 6.33 Å². The van der Waals surface area contributed by atoms with Crippen molar-refractivity contribution in [1.29, 1.82) is 0 Å². The summed E-state index contributed by atoms with van der Waals surface area (Å²) in [5.74, 6) is 0.910. The molecule has 0 amide bonds. The van der Waals surface area contributed by atoms with Crippen molar-refractivity contribution in [2.75, 3.05) is 32.6 Å². The third kappa shape index (κ3) is 3.06. The van der Waals surface area contributed by atoms with Gasteiger partial charge < -0.3 is 4.74 Å². The molecular weight excluding hydrogens is 256 g/mol. The predicted octanol–water partition coefficient (Wildman–Crippen LogP) is -0.0397. The molecule has 18 heavy (non-hydrogen) atoms. The van der Waals surface area contributed by atoms with Gasteiger partial charge in [0.2, 0.25) is 10.0 Å². The molecule has 1 saturated heterocycles. The third-order valence-corrected chi connectivity index (χ3v) is 4.94. The molecule has 0 saturated carbocycles. The first-order valence-corrected chi connectivity index (χ1v) is 7.56. The van der Waals surface area contributed by atoms with Crippen LogP contribution in [0, 0.1) is 0 Å². The molecule has 2 heterocycles. The van der Waals surface area contributed by atoms with Gasteiger partial charge in [-0.1, -0.05) is 0 Å². The topological polar surface area (TPSA) is 88.2 Å². The average Bonchev–Trinajstić information content (AvgIpc) is 2.90. The lowest BCUT2D eigenvalue weighted by atomic mass is 9.99. The number of rotatable bonds is 5. The summed E-state index contributed by atoms with van der Waals surface area (Å²) < 4.78 is 30.5. The summed E-state index contributed by atoms with van der Waals surface area (Å²) in [6.45, 7) is 1.28. The summed E-state index contributed by atoms with van der Waals surface area (Å²) in [6.07, 6.45) is 3.23. The van der Waals surface area contributed by atoms with Crippen molar-refractivity contribution in [1.82, 2.24) is 19.5 Å². The van der Waals surface area contributed by atoms with Crippen LogP contribution >= 0.6 is 0 Å². The van der Waals surface area contributed by atoms with E-state index in [9.17, 15) is 8.42 Å². The van der Waals surface area contributed by atoms with Crippen LogP contribution in [-0.2, 0) is 14.8 Å². The summed E-state index contributed by atoms with van der Waals surface area (Å²) in [5, 5.41) is 6.62. The van der Waals surface area contributed by atoms with Crippen LogP contribution in [0.1, 0.15) is 24.6 Å². The molecule has 0 radical (unpaired) electrons. The molecule has 0 bridgehead atoms. The first-order chi connectivity index (χ1) is 8.63. The van der Waals surface area contributed by atoms with Crippen molar-refractivity contribution in [2.45, 2.75) is 18.8 Å². The fraction of sp³-hybridized carbons (Fsp3) is 0.800. The van der Waals surface area contributed by atoms with Gasteiger partial charge >= 0.3 is 0 Å². The van der Waals surface area contributed by atoms with Gasteiger partial charge in [-0.15, -0.1) is 0 Å². The minimum absolute atomic E-state index is 0.0343. The highest BCUT2D eigenvalue weighted by molar-refractivity contribution is 7.89. The Balaban J connectivity index is 2.02. The van der Waals surface area contributed by atoms with Gasteiger partial charge in [0.25, 0.3) is 0 Å². The lowest BCUT2D eigenvalue weighted by Gasteiger charge is -2.30. The molecule has 102 valence electrons. The zero-order valence-corrected chi connectivity index (χ0v) is 11.2. The Morgan fingerprint density at radius 1 is 1.61 bits per heavy atom. The van der Waals surface area contributed by atoms with Crippen molar-refractivity contribution in [3.05, 3.63) is 12.2 Å². The van der Waals surface area contributed by atoms with Gasteiger partial charge in [-0.2, -0.15) is 5.10 Å². The summed E-state index contributed by atoms with van der Waals surface area (Å²) in [4.78, 5) is 4.11. The number of nitrogens with one attached hydrogen (secondary N) is 1. The summed E-state index contributed by atoms with van der Waals surface area (Å²) >= 11 is 0. The van der Waals surface area contributed by atoms with Gasteiger partial charge in [-0.3, -0.25) is 5.10 Å². The smallest absolute Gasteiger partial charge is 0.216 e. The van der Waals surface area contributed by atoms with E-state index in [4.69, 9.17) is 4.74 Å². The monoisotopic (exact) mass is 274 g/mol. The Morgan fingerprint density at radius 3 is 3.11 bits per heavy atom. The number of nitrogens with zero attached hydrogens (tertiary/aromatic N) is 3. The first kappa shape index (κ1) is 13.4. The quantitative estimate of drug-likeness (QED) is 0.814. The standard InChI is InChI=1S/C10H18N4O3S/c1-17-5-6-18(15,16)14-4-2-3-9(7-14)10-11-8-12-13-10/h8-9H,2-7H2,1H3,(H,11,12,13). The molecule has 8 heteroatoms. The third-order valence-electron chi connectivity index (χ3n) is 3.14. The average molecular weight is 274 g/mol. The fourth-order valence-corrected chi connectivity index (χ4v) is 3.60. The molecule has 1 aliphatic rings. The second-order valence-corrected chi connectivity index (χ2v) is 6.47. The molecule has 7 nitrogen and oxygen atoms in total. The van der Waals surface area contributed by atoms with Crippen molar-refractivity contribution in [3.63, 3.8) is 0 Å². The molecule has 2 rings (SSSR count). The van der Waals surface area contributed by atoms with Crippen LogP contribution in [0.3, 0.4) is 0 Å². The summed E-state index contributed by atoms with van der Waals surface area (Å²) in [5.41, 5.74) is 0. The molecule has 1 atom stereocenters. The maximum Gasteiger partial charge on any atom is 0.216 e. The minimum atomic E-state index is -3.22. The van der Waals surface area contributed by atoms with E-state index in [1.807, 2.05) is 0 Å². The highest BCUT2D eigenvalue weighted by Gasteiger charge is 2.30. The van der Waals surface area contributed by atoms with Crippen molar-refractivity contribution >= 4 is 10.0 Å². The van der Waals surface area contributed by atoms with Crippen molar-refractivity contribution in [2.24, 2.45) is 0 Å². The zero-order chi connectivity index (χ0) is 13.0. The number of methoxy groups -OCH3 is 1. The number of ether oxygens (including phenoxy) is 1. The molecule has 1 fully saturated rings. The van der Waals surface area contributed by atoms with Gasteiger partial charge in [0.15, 0.2) is 0 Å². The number of aromatic amines is 1. The molecule has 0 aromatic carbocycles. The molecule has 1 aromatic rings. The van der Waals surface area contributed by atoms with Gasteiger partial charge in [0, 0.05) is 26.1 Å². The van der Waals surface area contributed by atoms with Gasteiger partial charge in [-0.25, -0.2) is 17.7 Å². The van der Waals surface area contributed by atoms with E-state index in [1.165, 1.54) is 17.7 Å². The Morgan fingerprint density at radius 2 is 2.44 bits per heavy atom. The van der Waals surface area contributed by atoms with Crippen LogP contribution in [0.25, 0.3) is 0 Å². The molecule has 1 N–H and O–H groups in total. The molecule has 0 aliphatic carbocycles. The first-order valence-electron chi connectivity index (χ1n) is 5.95. The van der Waals surface area contributed by atoms with E-state index in [0.29, 0.717) is 13.1 Å². The number of hydrogen-bond acceptors (Lipinski definition) is 5. The van der Waals surface area contributed by atoms with Crippen LogP contribution in [0.2, 0.25) is 0 Å². The number of hydrogen-bond donors (Lipinski definition) is 1. The Labute approximate surface area is 107 Å². The van der Waals surface area contributed by atoms with Crippen molar-refractivity contribution in [3.8, 4) is 0 Å². The van der Waals surface area contributed by atoms with Crippen LogP contribution in [0.5, 0.6) is 0 Å². The number of sulfonamides is 1. The lowest BCUT2D eigenvalue weighted by molar-refractivity contribution is 0.214. The molecule has 1 unspecified atom stereocenters. The zero-order valence-electron chi connectivity index (χ0n) is 10.4. The Hall–Kier alpha value is -0.990. The summed E-state index contributed by atoms with van der Waals surface area (Å²) in [6, 6.07) is 0. The second-order valence-electron chi connectivity index (χ2n) is 4.38. The van der Waals surface area contributed by atoms with Gasteiger partial charge in [-0.05, 0) is 12.8 Å². The maximum atomic E-state index is 12.1. The number of H-pyrrole nitrogens is 1. The molecular formula is C10H18N4O3S. The minimum Gasteiger partial charge on any atom is -0.384 e. The summed E-state index contributed by atoms with van der Waals surface area (Å²) in [7, 11) is -1.72. The molecule has 0 spiro atoms. The van der Waals surface area contributed by atoms with Crippen LogP contribution < -0.4 is 0 Å². The highest BCUT2D eigenvalue weighted by Crippen LogP contribution is 2.25. The van der Waals surface area contributed by atoms with Crippen LogP contribution in [0.4, 0.5) is 0 Å². The number of aromatic nitrogens is 3. The highest BCUT2D eigenvalue weighted by atomic mass is 32.2. The van der Waals surface area contributed by atoms with Crippen LogP contribution in [-0.4, -0.2) is 60.5 Å². The second kappa shape index (κ2) is 5.77. The van der Waals surface area contributed by atoms with E-state index >= 15 is 0 Å². The normalized spacial score (nSPS) is 22.2. The van der Waals surface area contributed by atoms with E-state index in [1.54, 1.807) is 0 Å². The van der Waals surface area contributed by atoms with E-state index in [2.05, 4.69) is 15.2 Å². The maximum absolute atomic E-state index is 12.1. The van der Waals surface area contributed by atoms with Crippen molar-refractivity contribution < 1.29 is 13.2 Å². The SMILES string of the molecule is COCCS(=O)(=O)N1CCCC(c2ncn[nH]2)C1. The van der Waals surface area contributed by atoms with Gasteiger partial charge in [0.05, 0.1) is 12.4 Å². The molecule has 1 aromatic heterocycles. The predicted molar refractivity (Wildman–Crippen MR) is 65.6 cm³/mol. The Bertz CT molecular complexity index is 459. The molecule has 1 aliphatic heterocycles. The van der Waals surface area contributed by atoms with E-state index in [-0.39, 0.29) is 18.3 Å². The largest absolute Gasteiger partial charge is 0.384 e. The van der Waals surface area contributed by atoms with Gasteiger partial charge in [0.1, 0.15) is 12.2 Å². The number of piperidine rings is 1. The van der Waals surface area contributed by atoms with E-state index in [0.717, 1.165) is 18.7 Å². The Kier molecular flexibility index (Phi) is 4.31.